The lowest BCUT2D eigenvalue weighted by Gasteiger charge is -2.31. The molecule has 0 saturated heterocycles. The van der Waals surface area contributed by atoms with Crippen molar-refractivity contribution in [3.63, 3.8) is 0 Å². The van der Waals surface area contributed by atoms with Gasteiger partial charge in [0, 0.05) is 17.5 Å². The predicted molar refractivity (Wildman–Crippen MR) is 85.5 cm³/mol. The van der Waals surface area contributed by atoms with E-state index in [-0.39, 0.29) is 11.4 Å². The second-order valence-electron chi connectivity index (χ2n) is 5.65. The van der Waals surface area contributed by atoms with Crippen LogP contribution in [-0.2, 0) is 0 Å². The van der Waals surface area contributed by atoms with Crippen molar-refractivity contribution in [2.24, 2.45) is 5.73 Å². The third-order valence-electron chi connectivity index (χ3n) is 4.49. The molecule has 4 heteroatoms. The quantitative estimate of drug-likeness (QED) is 0.887. The predicted octanol–water partition coefficient (Wildman–Crippen LogP) is 3.30. The smallest absolute Gasteiger partial charge is 0.287 e. The van der Waals surface area contributed by atoms with E-state index in [1.54, 1.807) is 0 Å². The second kappa shape index (κ2) is 5.90. The molecule has 0 atom stereocenters. The summed E-state index contributed by atoms with van der Waals surface area (Å²) < 4.78 is 5.82. The molecule has 21 heavy (non-hydrogen) atoms. The summed E-state index contributed by atoms with van der Waals surface area (Å²) in [6.07, 6.45) is 1.59. The molecular weight excluding hydrogens is 264 g/mol. The van der Waals surface area contributed by atoms with Crippen LogP contribution in [0.25, 0.3) is 11.0 Å². The van der Waals surface area contributed by atoms with Crippen LogP contribution in [0.5, 0.6) is 0 Å². The Bertz CT molecular complexity index is 646. The Balaban J connectivity index is 2.40. The molecule has 1 amide bonds. The Labute approximate surface area is 125 Å². The van der Waals surface area contributed by atoms with Crippen LogP contribution in [0.3, 0.4) is 0 Å². The number of hydrogen-bond donors (Lipinski definition) is 2. The van der Waals surface area contributed by atoms with Crippen molar-refractivity contribution in [1.29, 1.82) is 0 Å². The molecular formula is C17H24N2O2. The Morgan fingerprint density at radius 3 is 2.48 bits per heavy atom. The number of aryl methyl sites for hydroxylation is 2. The summed E-state index contributed by atoms with van der Waals surface area (Å²) >= 11 is 0. The van der Waals surface area contributed by atoms with Crippen LogP contribution < -0.4 is 11.1 Å². The maximum Gasteiger partial charge on any atom is 0.287 e. The van der Waals surface area contributed by atoms with Crippen LogP contribution in [0.1, 0.15) is 48.4 Å². The number of amides is 1. The Kier molecular flexibility index (Phi) is 4.37. The fourth-order valence-corrected chi connectivity index (χ4v) is 2.66. The van der Waals surface area contributed by atoms with Crippen molar-refractivity contribution in [3.8, 4) is 0 Å². The van der Waals surface area contributed by atoms with E-state index < -0.39 is 0 Å². The van der Waals surface area contributed by atoms with E-state index in [2.05, 4.69) is 5.32 Å². The van der Waals surface area contributed by atoms with Gasteiger partial charge in [-0.2, -0.15) is 0 Å². The van der Waals surface area contributed by atoms with Gasteiger partial charge in [0.1, 0.15) is 5.58 Å². The number of hydrogen-bond acceptors (Lipinski definition) is 3. The fraction of sp³-hybridized carbons (Fsp3) is 0.471. The first-order valence-corrected chi connectivity index (χ1v) is 7.49. The zero-order valence-corrected chi connectivity index (χ0v) is 13.2. The largest absolute Gasteiger partial charge is 0.450 e. The van der Waals surface area contributed by atoms with E-state index >= 15 is 0 Å². The van der Waals surface area contributed by atoms with Gasteiger partial charge in [-0.1, -0.05) is 32.0 Å². The zero-order valence-electron chi connectivity index (χ0n) is 13.2. The van der Waals surface area contributed by atoms with Gasteiger partial charge in [-0.3, -0.25) is 4.79 Å². The molecule has 0 saturated carbocycles. The van der Waals surface area contributed by atoms with Gasteiger partial charge >= 0.3 is 0 Å². The number of benzene rings is 1. The van der Waals surface area contributed by atoms with E-state index in [0.717, 1.165) is 34.9 Å². The lowest BCUT2D eigenvalue weighted by Crippen LogP contribution is -2.52. The van der Waals surface area contributed by atoms with Crippen LogP contribution in [-0.4, -0.2) is 18.0 Å². The average molecular weight is 288 g/mol. The number of fused-ring (bicyclic) bond motifs is 1. The van der Waals surface area contributed by atoms with Gasteiger partial charge in [-0.15, -0.1) is 0 Å². The van der Waals surface area contributed by atoms with Gasteiger partial charge in [-0.05, 0) is 32.3 Å². The van der Waals surface area contributed by atoms with Crippen LogP contribution in [0, 0.1) is 13.8 Å². The van der Waals surface area contributed by atoms with Crippen molar-refractivity contribution in [3.05, 3.63) is 35.1 Å². The number of para-hydroxylation sites is 1. The molecule has 1 aromatic carbocycles. The van der Waals surface area contributed by atoms with Crippen LogP contribution in [0.2, 0.25) is 0 Å². The highest BCUT2D eigenvalue weighted by Gasteiger charge is 2.29. The van der Waals surface area contributed by atoms with Gasteiger partial charge in [0.15, 0.2) is 5.76 Å². The molecule has 114 valence electrons. The van der Waals surface area contributed by atoms with Crippen molar-refractivity contribution >= 4 is 16.9 Å². The normalized spacial score (nSPS) is 11.9. The molecule has 4 nitrogen and oxygen atoms in total. The van der Waals surface area contributed by atoms with Crippen molar-refractivity contribution < 1.29 is 9.21 Å². The van der Waals surface area contributed by atoms with E-state index in [1.165, 1.54) is 0 Å². The number of rotatable bonds is 5. The molecule has 0 bridgehead atoms. The minimum atomic E-state index is -0.364. The maximum atomic E-state index is 12.6. The summed E-state index contributed by atoms with van der Waals surface area (Å²) in [6, 6.07) is 5.94. The first kappa shape index (κ1) is 15.6. The molecule has 1 heterocycles. The average Bonchev–Trinajstić information content (AvgIpc) is 2.84. The molecule has 2 rings (SSSR count). The van der Waals surface area contributed by atoms with E-state index in [4.69, 9.17) is 10.2 Å². The van der Waals surface area contributed by atoms with Crippen molar-refractivity contribution in [2.75, 3.05) is 6.54 Å². The molecule has 0 unspecified atom stereocenters. The Morgan fingerprint density at radius 2 is 1.95 bits per heavy atom. The SMILES string of the molecule is CCC(CC)(CN)NC(=O)c1oc2c(C)cccc2c1C. The molecule has 0 radical (unpaired) electrons. The monoisotopic (exact) mass is 288 g/mol. The molecule has 3 N–H and O–H groups in total. The third-order valence-corrected chi connectivity index (χ3v) is 4.49. The van der Waals surface area contributed by atoms with E-state index in [0.29, 0.717) is 12.3 Å². The van der Waals surface area contributed by atoms with Crippen molar-refractivity contribution in [2.45, 2.75) is 46.1 Å². The summed E-state index contributed by atoms with van der Waals surface area (Å²) in [5.41, 5.74) is 8.18. The molecule has 1 aromatic heterocycles. The molecule has 0 aliphatic rings. The molecule has 0 fully saturated rings. The summed E-state index contributed by atoms with van der Waals surface area (Å²) in [4.78, 5) is 12.6. The second-order valence-corrected chi connectivity index (χ2v) is 5.65. The number of carbonyl (C=O) groups excluding carboxylic acids is 1. The van der Waals surface area contributed by atoms with Gasteiger partial charge < -0.3 is 15.5 Å². The minimum absolute atomic E-state index is 0.183. The minimum Gasteiger partial charge on any atom is -0.450 e. The first-order valence-electron chi connectivity index (χ1n) is 7.49. The lowest BCUT2D eigenvalue weighted by molar-refractivity contribution is 0.0868. The Morgan fingerprint density at radius 1 is 1.29 bits per heavy atom. The van der Waals surface area contributed by atoms with Gasteiger partial charge in [0.05, 0.1) is 5.54 Å². The van der Waals surface area contributed by atoms with Gasteiger partial charge in [0.2, 0.25) is 0 Å². The van der Waals surface area contributed by atoms with Crippen molar-refractivity contribution in [1.82, 2.24) is 5.32 Å². The maximum absolute atomic E-state index is 12.6. The number of nitrogens with one attached hydrogen (secondary N) is 1. The highest BCUT2D eigenvalue weighted by molar-refractivity contribution is 5.99. The number of furan rings is 1. The standard InChI is InChI=1S/C17H24N2O2/c1-5-17(6-2,10-18)19-16(20)15-12(4)13-9-7-8-11(3)14(13)21-15/h7-9H,5-6,10,18H2,1-4H3,(H,19,20). The highest BCUT2D eigenvalue weighted by atomic mass is 16.3. The summed E-state index contributed by atoms with van der Waals surface area (Å²) in [5.74, 6) is 0.205. The van der Waals surface area contributed by atoms with Gasteiger partial charge in [0.25, 0.3) is 5.91 Å². The highest BCUT2D eigenvalue weighted by Crippen LogP contribution is 2.28. The Hall–Kier alpha value is -1.81. The molecule has 2 aromatic rings. The summed E-state index contributed by atoms with van der Waals surface area (Å²) in [6.45, 7) is 8.39. The molecule has 0 spiro atoms. The summed E-state index contributed by atoms with van der Waals surface area (Å²) in [5, 5.41) is 4.05. The lowest BCUT2D eigenvalue weighted by atomic mass is 9.92. The molecule has 0 aliphatic heterocycles. The van der Waals surface area contributed by atoms with Crippen LogP contribution >= 0.6 is 0 Å². The van der Waals surface area contributed by atoms with Crippen LogP contribution in [0.4, 0.5) is 0 Å². The fourth-order valence-electron chi connectivity index (χ4n) is 2.66. The topological polar surface area (TPSA) is 68.3 Å². The van der Waals surface area contributed by atoms with E-state index in [1.807, 2.05) is 45.9 Å². The summed E-state index contributed by atoms with van der Waals surface area (Å²) in [7, 11) is 0. The van der Waals surface area contributed by atoms with Crippen LogP contribution in [0.15, 0.2) is 22.6 Å². The molecule has 0 aliphatic carbocycles. The number of carbonyl (C=O) groups is 1. The first-order chi connectivity index (χ1) is 9.98. The zero-order chi connectivity index (χ0) is 15.6. The number of nitrogens with two attached hydrogens (primary N) is 1. The van der Waals surface area contributed by atoms with E-state index in [9.17, 15) is 4.79 Å². The van der Waals surface area contributed by atoms with Gasteiger partial charge in [-0.25, -0.2) is 0 Å². The third kappa shape index (κ3) is 2.68.